The lowest BCUT2D eigenvalue weighted by Gasteiger charge is -2.25. The Kier molecular flexibility index (Phi) is 5.59. The number of rotatable bonds is 4. The summed E-state index contributed by atoms with van der Waals surface area (Å²) in [5, 5.41) is 0.366. The Bertz CT molecular complexity index is 1080. The highest BCUT2D eigenvalue weighted by molar-refractivity contribution is 8.16. The van der Waals surface area contributed by atoms with Gasteiger partial charge >= 0.3 is 0 Å². The molecule has 2 saturated heterocycles. The second-order valence-corrected chi connectivity index (χ2v) is 11.0. The molecule has 158 valence electrons. The molecule has 2 aromatic rings. The van der Waals surface area contributed by atoms with Crippen LogP contribution in [0.5, 0.6) is 0 Å². The van der Waals surface area contributed by atoms with Crippen molar-refractivity contribution in [1.82, 2.24) is 0 Å². The average Bonchev–Trinajstić information content (AvgIpc) is 3.14. The minimum atomic E-state index is -3.12. The third-order valence-electron chi connectivity index (χ3n) is 5.20. The van der Waals surface area contributed by atoms with Crippen molar-refractivity contribution in [2.24, 2.45) is 4.99 Å². The van der Waals surface area contributed by atoms with Gasteiger partial charge in [-0.05, 0) is 42.0 Å². The first-order chi connectivity index (χ1) is 14.2. The molecule has 0 spiro atoms. The Morgan fingerprint density at radius 1 is 1.13 bits per heavy atom. The first-order valence-electron chi connectivity index (χ1n) is 9.51. The van der Waals surface area contributed by atoms with Crippen molar-refractivity contribution >= 4 is 44.0 Å². The van der Waals surface area contributed by atoms with Crippen molar-refractivity contribution < 1.29 is 17.6 Å². The molecule has 2 aliphatic heterocycles. The summed E-state index contributed by atoms with van der Waals surface area (Å²) < 4.78 is 37.4. The van der Waals surface area contributed by atoms with Crippen LogP contribution < -0.4 is 9.80 Å². The monoisotopic (exact) mass is 447 g/mol. The molecular weight excluding hydrogens is 425 g/mol. The van der Waals surface area contributed by atoms with Crippen molar-refractivity contribution in [3.8, 4) is 0 Å². The second-order valence-electron chi connectivity index (χ2n) is 7.67. The van der Waals surface area contributed by atoms with Crippen LogP contribution >= 0.6 is 11.8 Å². The molecule has 2 heterocycles. The van der Waals surface area contributed by atoms with Crippen molar-refractivity contribution in [3.05, 3.63) is 59.9 Å². The number of hydrogen-bond acceptors (Lipinski definition) is 5. The molecule has 0 bridgehead atoms. The van der Waals surface area contributed by atoms with Crippen LogP contribution in [-0.2, 0) is 21.1 Å². The van der Waals surface area contributed by atoms with Gasteiger partial charge in [-0.15, -0.1) is 0 Å². The SMILES string of the molecule is CN(C)c1ccc(N2C(=NC(=O)Cc3ccc(F)cc3)SC3CS(=O)(=O)CC32)cc1. The number of sulfone groups is 1. The van der Waals surface area contributed by atoms with Crippen LogP contribution in [0.2, 0.25) is 0 Å². The van der Waals surface area contributed by atoms with E-state index in [0.717, 1.165) is 11.4 Å². The summed E-state index contributed by atoms with van der Waals surface area (Å²) in [6, 6.07) is 13.3. The Morgan fingerprint density at radius 2 is 1.80 bits per heavy atom. The van der Waals surface area contributed by atoms with Gasteiger partial charge in [-0.1, -0.05) is 23.9 Å². The largest absolute Gasteiger partial charge is 0.378 e. The summed E-state index contributed by atoms with van der Waals surface area (Å²) in [5.41, 5.74) is 2.51. The van der Waals surface area contributed by atoms with Crippen LogP contribution in [0.25, 0.3) is 0 Å². The quantitative estimate of drug-likeness (QED) is 0.718. The van der Waals surface area contributed by atoms with Crippen molar-refractivity contribution in [2.45, 2.75) is 17.7 Å². The Labute approximate surface area is 179 Å². The zero-order valence-electron chi connectivity index (χ0n) is 16.7. The highest BCUT2D eigenvalue weighted by Gasteiger charge is 2.49. The summed E-state index contributed by atoms with van der Waals surface area (Å²) in [4.78, 5) is 20.7. The predicted molar refractivity (Wildman–Crippen MR) is 120 cm³/mol. The number of thioether (sulfide) groups is 1. The standard InChI is InChI=1S/C21H22FN3O3S2/c1-24(2)16-7-9-17(10-8-16)25-18-12-30(27,28)13-19(18)29-21(25)23-20(26)11-14-3-5-15(22)6-4-14/h3-10,18-19H,11-13H2,1-2H3. The minimum Gasteiger partial charge on any atom is -0.378 e. The molecule has 2 unspecified atom stereocenters. The van der Waals surface area contributed by atoms with E-state index in [2.05, 4.69) is 4.99 Å². The van der Waals surface area contributed by atoms with E-state index < -0.39 is 9.84 Å². The lowest BCUT2D eigenvalue weighted by Crippen LogP contribution is -2.37. The third-order valence-corrected chi connectivity index (χ3v) is 8.41. The van der Waals surface area contributed by atoms with Crippen LogP contribution in [-0.4, -0.2) is 56.4 Å². The lowest BCUT2D eigenvalue weighted by atomic mass is 10.1. The molecule has 2 fully saturated rings. The summed E-state index contributed by atoms with van der Waals surface area (Å²) in [7, 11) is 0.773. The maximum absolute atomic E-state index is 13.1. The number of carbonyl (C=O) groups excluding carboxylic acids is 1. The fourth-order valence-electron chi connectivity index (χ4n) is 3.70. The van der Waals surface area contributed by atoms with E-state index in [1.165, 1.54) is 23.9 Å². The van der Waals surface area contributed by atoms with Gasteiger partial charge in [-0.25, -0.2) is 12.8 Å². The van der Waals surface area contributed by atoms with Crippen molar-refractivity contribution in [2.75, 3.05) is 35.4 Å². The number of amides is 1. The fourth-order valence-corrected chi connectivity index (χ4v) is 7.63. The number of anilines is 2. The number of aliphatic imine (C=N–C) groups is 1. The number of fused-ring (bicyclic) bond motifs is 1. The third kappa shape index (κ3) is 4.37. The summed E-state index contributed by atoms with van der Waals surface area (Å²) >= 11 is 1.34. The van der Waals surface area contributed by atoms with Crippen LogP contribution in [0.1, 0.15) is 5.56 Å². The Hall–Kier alpha value is -2.39. The molecular formula is C21H22FN3O3S2. The van der Waals surface area contributed by atoms with Crippen LogP contribution in [0, 0.1) is 5.82 Å². The highest BCUT2D eigenvalue weighted by atomic mass is 32.2. The number of hydrogen-bond donors (Lipinski definition) is 0. The van der Waals surface area contributed by atoms with E-state index in [-0.39, 0.29) is 40.9 Å². The van der Waals surface area contributed by atoms with Gasteiger partial charge in [0, 0.05) is 30.7 Å². The smallest absolute Gasteiger partial charge is 0.252 e. The molecule has 0 saturated carbocycles. The lowest BCUT2D eigenvalue weighted by molar-refractivity contribution is -0.117. The topological polar surface area (TPSA) is 70.0 Å². The molecule has 30 heavy (non-hydrogen) atoms. The molecule has 2 atom stereocenters. The Morgan fingerprint density at radius 3 is 2.43 bits per heavy atom. The molecule has 9 heteroatoms. The van der Waals surface area contributed by atoms with Crippen LogP contribution in [0.4, 0.5) is 15.8 Å². The zero-order valence-corrected chi connectivity index (χ0v) is 18.3. The van der Waals surface area contributed by atoms with E-state index in [9.17, 15) is 17.6 Å². The van der Waals surface area contributed by atoms with Gasteiger partial charge in [0.05, 0.1) is 24.0 Å². The highest BCUT2D eigenvalue weighted by Crippen LogP contribution is 2.41. The Balaban J connectivity index is 1.62. The molecule has 0 aromatic heterocycles. The number of halogens is 1. The normalized spacial score (nSPS) is 23.6. The predicted octanol–water partition coefficient (Wildman–Crippen LogP) is 2.74. The maximum atomic E-state index is 13.1. The van der Waals surface area contributed by atoms with Gasteiger partial charge in [0.2, 0.25) is 0 Å². The van der Waals surface area contributed by atoms with Gasteiger partial charge in [-0.3, -0.25) is 4.79 Å². The van der Waals surface area contributed by atoms with Gasteiger partial charge in [0.15, 0.2) is 15.0 Å². The van der Waals surface area contributed by atoms with Crippen molar-refractivity contribution in [3.63, 3.8) is 0 Å². The zero-order chi connectivity index (χ0) is 21.5. The van der Waals surface area contributed by atoms with Gasteiger partial charge < -0.3 is 9.80 Å². The molecule has 0 aliphatic carbocycles. The van der Waals surface area contributed by atoms with E-state index in [0.29, 0.717) is 10.7 Å². The maximum Gasteiger partial charge on any atom is 0.252 e. The van der Waals surface area contributed by atoms with Crippen LogP contribution in [0.3, 0.4) is 0 Å². The molecule has 2 aliphatic rings. The minimum absolute atomic E-state index is 0.0469. The molecule has 2 aromatic carbocycles. The number of benzene rings is 2. The van der Waals surface area contributed by atoms with Gasteiger partial charge in [0.1, 0.15) is 5.82 Å². The number of amidine groups is 1. The number of carbonyl (C=O) groups is 1. The van der Waals surface area contributed by atoms with E-state index in [4.69, 9.17) is 0 Å². The molecule has 1 amide bonds. The van der Waals surface area contributed by atoms with E-state index in [1.54, 1.807) is 12.1 Å². The van der Waals surface area contributed by atoms with E-state index in [1.807, 2.05) is 48.2 Å². The van der Waals surface area contributed by atoms with Crippen molar-refractivity contribution in [1.29, 1.82) is 0 Å². The average molecular weight is 448 g/mol. The summed E-state index contributed by atoms with van der Waals surface area (Å²) in [6.07, 6.45) is 0.0609. The summed E-state index contributed by atoms with van der Waals surface area (Å²) in [6.45, 7) is 0. The number of nitrogens with zero attached hydrogens (tertiary/aromatic N) is 3. The first-order valence-corrected chi connectivity index (χ1v) is 12.2. The first kappa shape index (κ1) is 20.9. The summed E-state index contributed by atoms with van der Waals surface area (Å²) in [5.74, 6) is -0.572. The molecule has 4 rings (SSSR count). The molecule has 6 nitrogen and oxygen atoms in total. The molecule has 0 radical (unpaired) electrons. The van der Waals surface area contributed by atoms with Gasteiger partial charge in [0.25, 0.3) is 5.91 Å². The van der Waals surface area contributed by atoms with Gasteiger partial charge in [-0.2, -0.15) is 4.99 Å². The molecule has 0 N–H and O–H groups in total. The fraction of sp³-hybridized carbons (Fsp3) is 0.333. The van der Waals surface area contributed by atoms with E-state index >= 15 is 0 Å². The van der Waals surface area contributed by atoms with Crippen LogP contribution in [0.15, 0.2) is 53.5 Å². The second kappa shape index (κ2) is 8.03.